The number of benzene rings is 1. The Balaban J connectivity index is 1.92. The highest BCUT2D eigenvalue weighted by molar-refractivity contribution is 5.87. The lowest BCUT2D eigenvalue weighted by molar-refractivity contribution is -0.139. The lowest BCUT2D eigenvalue weighted by atomic mass is 10.2. The quantitative estimate of drug-likeness (QED) is 0.475. The van der Waals surface area contributed by atoms with Crippen LogP contribution < -0.4 is 9.47 Å². The minimum Gasteiger partial charge on any atom is -0.493 e. The average molecular weight is 360 g/mol. The summed E-state index contributed by atoms with van der Waals surface area (Å²) in [7, 11) is 1.57. The van der Waals surface area contributed by atoms with Crippen LogP contribution in [-0.4, -0.2) is 39.9 Å². The number of carbonyl (C=O) groups excluding carboxylic acids is 1. The topological polar surface area (TPSA) is 88.4 Å². The number of ether oxygens (including phenoxy) is 3. The number of methoxy groups -OCH3 is 1. The van der Waals surface area contributed by atoms with Gasteiger partial charge in [0.1, 0.15) is 0 Å². The molecule has 8 heteroatoms. The van der Waals surface area contributed by atoms with Crippen molar-refractivity contribution in [1.82, 2.24) is 20.2 Å². The van der Waals surface area contributed by atoms with Crippen LogP contribution >= 0.6 is 0 Å². The van der Waals surface area contributed by atoms with Gasteiger partial charge < -0.3 is 14.2 Å². The van der Waals surface area contributed by atoms with Gasteiger partial charge in [0.05, 0.1) is 13.7 Å². The molecule has 0 amide bonds. The molecule has 0 spiro atoms. The summed E-state index contributed by atoms with van der Waals surface area (Å²) in [5.41, 5.74) is 0.801. The van der Waals surface area contributed by atoms with Gasteiger partial charge in [-0.15, -0.1) is 5.10 Å². The average Bonchev–Trinajstić information content (AvgIpc) is 3.11. The van der Waals surface area contributed by atoms with E-state index in [2.05, 4.69) is 22.4 Å². The largest absolute Gasteiger partial charge is 0.493 e. The van der Waals surface area contributed by atoms with Crippen molar-refractivity contribution in [3.63, 3.8) is 0 Å². The van der Waals surface area contributed by atoms with E-state index in [0.717, 1.165) is 18.4 Å². The third-order valence-electron chi connectivity index (χ3n) is 3.57. The molecule has 0 saturated carbocycles. The summed E-state index contributed by atoms with van der Waals surface area (Å²) in [6.07, 6.45) is 5.01. The van der Waals surface area contributed by atoms with E-state index in [-0.39, 0.29) is 6.61 Å². The van der Waals surface area contributed by atoms with Crippen LogP contribution in [0.4, 0.5) is 0 Å². The van der Waals surface area contributed by atoms with Gasteiger partial charge in [0.2, 0.25) is 0 Å². The van der Waals surface area contributed by atoms with E-state index in [0.29, 0.717) is 30.5 Å². The Morgan fingerprint density at radius 2 is 2.12 bits per heavy atom. The number of nitrogens with zero attached hydrogens (tertiary/aromatic N) is 4. The molecule has 1 aromatic heterocycles. The van der Waals surface area contributed by atoms with Gasteiger partial charge in [0.15, 0.2) is 23.9 Å². The summed E-state index contributed by atoms with van der Waals surface area (Å²) in [4.78, 5) is 11.9. The van der Waals surface area contributed by atoms with E-state index in [1.54, 1.807) is 30.0 Å². The predicted octanol–water partition coefficient (Wildman–Crippen LogP) is 2.64. The molecule has 0 unspecified atom stereocenters. The zero-order valence-electron chi connectivity index (χ0n) is 15.3. The third-order valence-corrected chi connectivity index (χ3v) is 3.57. The van der Waals surface area contributed by atoms with Crippen LogP contribution in [0.3, 0.4) is 0 Å². The highest BCUT2D eigenvalue weighted by Gasteiger charge is 2.08. The van der Waals surface area contributed by atoms with Crippen molar-refractivity contribution in [2.75, 3.05) is 13.7 Å². The summed E-state index contributed by atoms with van der Waals surface area (Å²) >= 11 is 0. The fourth-order valence-corrected chi connectivity index (χ4v) is 2.22. The van der Waals surface area contributed by atoms with E-state index in [9.17, 15) is 4.79 Å². The van der Waals surface area contributed by atoms with E-state index >= 15 is 0 Å². The first kappa shape index (κ1) is 19.4. The maximum absolute atomic E-state index is 11.9. The molecule has 0 radical (unpaired) electrons. The zero-order valence-corrected chi connectivity index (χ0v) is 15.3. The van der Waals surface area contributed by atoms with E-state index in [1.165, 1.54) is 6.08 Å². The van der Waals surface area contributed by atoms with Gasteiger partial charge in [-0.25, -0.2) is 9.48 Å². The van der Waals surface area contributed by atoms with Gasteiger partial charge in [0.25, 0.3) is 0 Å². The van der Waals surface area contributed by atoms with Gasteiger partial charge >= 0.3 is 5.97 Å². The van der Waals surface area contributed by atoms with Crippen molar-refractivity contribution in [2.24, 2.45) is 0 Å². The number of aromatic nitrogens is 4. The molecule has 2 aromatic rings. The second-order valence-electron chi connectivity index (χ2n) is 5.46. The third kappa shape index (κ3) is 5.58. The van der Waals surface area contributed by atoms with E-state index in [4.69, 9.17) is 14.2 Å². The van der Waals surface area contributed by atoms with Gasteiger partial charge in [-0.05, 0) is 47.5 Å². The molecule has 0 aliphatic heterocycles. The molecule has 26 heavy (non-hydrogen) atoms. The van der Waals surface area contributed by atoms with Crippen molar-refractivity contribution in [2.45, 2.75) is 39.8 Å². The van der Waals surface area contributed by atoms with Crippen LogP contribution in [0.5, 0.6) is 11.5 Å². The molecule has 0 atom stereocenters. The molecule has 0 bridgehead atoms. The summed E-state index contributed by atoms with van der Waals surface area (Å²) in [6.45, 7) is 5.28. The van der Waals surface area contributed by atoms with Crippen molar-refractivity contribution >= 4 is 12.0 Å². The Labute approximate surface area is 152 Å². The van der Waals surface area contributed by atoms with Crippen LogP contribution in [0.25, 0.3) is 6.08 Å². The predicted molar refractivity (Wildman–Crippen MR) is 95.7 cm³/mol. The van der Waals surface area contributed by atoms with Crippen LogP contribution in [-0.2, 0) is 22.7 Å². The number of aryl methyl sites for hydroxylation is 1. The summed E-state index contributed by atoms with van der Waals surface area (Å²) < 4.78 is 17.6. The molecule has 8 nitrogen and oxygen atoms in total. The molecule has 0 saturated heterocycles. The van der Waals surface area contributed by atoms with Gasteiger partial charge in [-0.2, -0.15) is 0 Å². The van der Waals surface area contributed by atoms with Crippen molar-refractivity contribution in [3.8, 4) is 11.5 Å². The Bertz CT molecular complexity index is 743. The van der Waals surface area contributed by atoms with Crippen LogP contribution in [0.2, 0.25) is 0 Å². The number of rotatable bonds is 10. The minimum absolute atomic E-state index is 0.0342. The van der Waals surface area contributed by atoms with Crippen LogP contribution in [0.15, 0.2) is 24.3 Å². The molecule has 1 aromatic carbocycles. The Morgan fingerprint density at radius 3 is 2.85 bits per heavy atom. The zero-order chi connectivity index (χ0) is 18.8. The molecule has 140 valence electrons. The Morgan fingerprint density at radius 1 is 1.27 bits per heavy atom. The first-order valence-corrected chi connectivity index (χ1v) is 8.58. The molecule has 0 N–H and O–H groups in total. The number of carbonyl (C=O) groups is 1. The first-order chi connectivity index (χ1) is 12.7. The second-order valence-corrected chi connectivity index (χ2v) is 5.46. The van der Waals surface area contributed by atoms with E-state index < -0.39 is 5.97 Å². The molecule has 0 aliphatic rings. The maximum Gasteiger partial charge on any atom is 0.331 e. The number of esters is 1. The molecule has 1 heterocycles. The normalized spacial score (nSPS) is 10.9. The number of unbranched alkanes of at least 4 members (excludes halogenated alkanes) is 1. The molecule has 0 fully saturated rings. The van der Waals surface area contributed by atoms with E-state index in [1.807, 2.05) is 13.0 Å². The minimum atomic E-state index is -0.470. The molecule has 2 rings (SSSR count). The smallest absolute Gasteiger partial charge is 0.331 e. The highest BCUT2D eigenvalue weighted by Crippen LogP contribution is 2.28. The lowest BCUT2D eigenvalue weighted by Crippen LogP contribution is -2.09. The summed E-state index contributed by atoms with van der Waals surface area (Å²) in [5.74, 6) is 1.33. The number of hydrogen-bond donors (Lipinski definition) is 0. The fourth-order valence-electron chi connectivity index (χ4n) is 2.22. The SMILES string of the molecule is CCCCn1nnnc1COC(=O)/C=C/c1ccc(OCC)c(OC)c1. The summed E-state index contributed by atoms with van der Waals surface area (Å²) in [5, 5.41) is 11.4. The van der Waals surface area contributed by atoms with Gasteiger partial charge in [-0.1, -0.05) is 19.4 Å². The number of hydrogen-bond acceptors (Lipinski definition) is 7. The van der Waals surface area contributed by atoms with Gasteiger partial charge in [0, 0.05) is 12.6 Å². The van der Waals surface area contributed by atoms with Gasteiger partial charge in [-0.3, -0.25) is 0 Å². The van der Waals surface area contributed by atoms with Crippen molar-refractivity contribution < 1.29 is 19.0 Å². The van der Waals surface area contributed by atoms with Crippen molar-refractivity contribution in [3.05, 3.63) is 35.7 Å². The summed E-state index contributed by atoms with van der Waals surface area (Å²) in [6, 6.07) is 5.43. The van der Waals surface area contributed by atoms with Crippen LogP contribution in [0, 0.1) is 0 Å². The molecular formula is C18H24N4O4. The molecular weight excluding hydrogens is 336 g/mol. The molecule has 0 aliphatic carbocycles. The maximum atomic E-state index is 11.9. The fraction of sp³-hybridized carbons (Fsp3) is 0.444. The Hall–Kier alpha value is -2.90. The second kappa shape index (κ2) is 10.2. The standard InChI is InChI=1S/C18H24N4O4/c1-4-6-11-22-17(19-20-21-22)13-26-18(23)10-8-14-7-9-15(25-5-2)16(12-14)24-3/h7-10,12H,4-6,11,13H2,1-3H3/b10-8+. The first-order valence-electron chi connectivity index (χ1n) is 8.58. The Kier molecular flexibility index (Phi) is 7.60. The monoisotopic (exact) mass is 360 g/mol. The van der Waals surface area contributed by atoms with Crippen molar-refractivity contribution in [1.29, 1.82) is 0 Å². The highest BCUT2D eigenvalue weighted by atomic mass is 16.5. The number of tetrazole rings is 1. The lowest BCUT2D eigenvalue weighted by Gasteiger charge is -2.09. The van der Waals surface area contributed by atoms with Crippen LogP contribution in [0.1, 0.15) is 38.1 Å².